The summed E-state index contributed by atoms with van der Waals surface area (Å²) in [5.41, 5.74) is 0. The van der Waals surface area contributed by atoms with E-state index in [1.165, 1.54) is 64.5 Å². The summed E-state index contributed by atoms with van der Waals surface area (Å²) in [6, 6.07) is 1.15. The molecule has 0 bridgehead atoms. The van der Waals surface area contributed by atoms with E-state index < -0.39 is 5.97 Å². The van der Waals surface area contributed by atoms with Crippen LogP contribution >= 0.6 is 0 Å². The van der Waals surface area contributed by atoms with Gasteiger partial charge in [-0.05, 0) is 57.5 Å². The molecule has 1 amide bonds. The van der Waals surface area contributed by atoms with Crippen LogP contribution in [0.4, 0.5) is 4.79 Å². The Hall–Kier alpha value is -1.38. The summed E-state index contributed by atoms with van der Waals surface area (Å²) >= 11 is 0. The van der Waals surface area contributed by atoms with Crippen molar-refractivity contribution in [2.45, 2.75) is 82.5 Å². The second kappa shape index (κ2) is 11.2. The van der Waals surface area contributed by atoms with Gasteiger partial charge in [0.1, 0.15) is 0 Å². The van der Waals surface area contributed by atoms with Crippen molar-refractivity contribution in [3.05, 3.63) is 0 Å². The lowest BCUT2D eigenvalue weighted by Crippen LogP contribution is -2.57. The second-order valence-corrected chi connectivity index (χ2v) is 10.4. The van der Waals surface area contributed by atoms with Gasteiger partial charge in [-0.3, -0.25) is 14.6 Å². The molecule has 8 heteroatoms. The van der Waals surface area contributed by atoms with Crippen molar-refractivity contribution in [2.24, 2.45) is 5.92 Å². The van der Waals surface area contributed by atoms with Crippen LogP contribution in [0, 0.1) is 5.92 Å². The average molecular weight is 451 g/mol. The minimum atomic E-state index is -0.736. The number of amides is 1. The van der Waals surface area contributed by atoms with Crippen molar-refractivity contribution in [2.75, 3.05) is 52.9 Å². The zero-order valence-corrected chi connectivity index (χ0v) is 19.8. The Labute approximate surface area is 192 Å². The van der Waals surface area contributed by atoms with Crippen LogP contribution in [-0.4, -0.2) is 108 Å². The van der Waals surface area contributed by atoms with E-state index in [4.69, 9.17) is 9.84 Å². The third-order valence-corrected chi connectivity index (χ3v) is 8.25. The first-order valence-corrected chi connectivity index (χ1v) is 12.9. The van der Waals surface area contributed by atoms with Crippen LogP contribution in [0.5, 0.6) is 0 Å². The molecule has 4 fully saturated rings. The normalized spacial score (nSPS) is 30.0. The van der Waals surface area contributed by atoms with Gasteiger partial charge in [0.05, 0.1) is 13.0 Å². The fourth-order valence-electron chi connectivity index (χ4n) is 6.23. The van der Waals surface area contributed by atoms with Crippen molar-refractivity contribution in [3.63, 3.8) is 0 Å². The number of carboxylic acid groups (broad SMARTS) is 1. The van der Waals surface area contributed by atoms with E-state index in [9.17, 15) is 9.59 Å². The first-order valence-electron chi connectivity index (χ1n) is 12.9. The molecule has 1 N–H and O–H groups in total. The van der Waals surface area contributed by atoms with E-state index in [1.807, 2.05) is 0 Å². The highest BCUT2D eigenvalue weighted by Gasteiger charge is 2.39. The predicted molar refractivity (Wildman–Crippen MR) is 122 cm³/mol. The van der Waals surface area contributed by atoms with Crippen LogP contribution in [0.2, 0.25) is 0 Å². The van der Waals surface area contributed by atoms with Gasteiger partial charge in [-0.15, -0.1) is 0 Å². The van der Waals surface area contributed by atoms with Crippen molar-refractivity contribution >= 4 is 12.1 Å². The number of cyclic esters (lactones) is 1. The standard InChI is InChI=1S/C24H42N4O4/c1-25-18-22(32-24(25)31)28-16-15-26(12-11-23(29)30)17-21(28)8-7-19-9-13-27(14-10-19)20-5-3-2-4-6-20/h19-22H,2-18H2,1H3,(H,29,30). The maximum absolute atomic E-state index is 11.9. The van der Waals surface area contributed by atoms with Gasteiger partial charge in [0.25, 0.3) is 0 Å². The summed E-state index contributed by atoms with van der Waals surface area (Å²) < 4.78 is 5.64. The van der Waals surface area contributed by atoms with Gasteiger partial charge in [-0.25, -0.2) is 4.79 Å². The van der Waals surface area contributed by atoms with Crippen molar-refractivity contribution < 1.29 is 19.4 Å². The number of ether oxygens (including phenoxy) is 1. The predicted octanol–water partition coefficient (Wildman–Crippen LogP) is 2.68. The number of piperazine rings is 1. The largest absolute Gasteiger partial charge is 0.481 e. The maximum Gasteiger partial charge on any atom is 0.411 e. The number of piperidine rings is 1. The summed E-state index contributed by atoms with van der Waals surface area (Å²) in [5, 5.41) is 9.08. The van der Waals surface area contributed by atoms with Gasteiger partial charge < -0.3 is 19.6 Å². The smallest absolute Gasteiger partial charge is 0.411 e. The number of carbonyl (C=O) groups excluding carboxylic acids is 1. The molecule has 4 aliphatic rings. The molecule has 0 spiro atoms. The number of aliphatic carboxylic acids is 1. The molecule has 1 aliphatic carbocycles. The molecule has 3 heterocycles. The van der Waals surface area contributed by atoms with Gasteiger partial charge in [-0.2, -0.15) is 0 Å². The first-order chi connectivity index (χ1) is 15.5. The number of rotatable bonds is 8. The zero-order chi connectivity index (χ0) is 22.5. The van der Waals surface area contributed by atoms with Crippen LogP contribution in [0.3, 0.4) is 0 Å². The highest BCUT2D eigenvalue weighted by atomic mass is 16.6. The van der Waals surface area contributed by atoms with Crippen LogP contribution < -0.4 is 0 Å². The summed E-state index contributed by atoms with van der Waals surface area (Å²) in [6.07, 6.45) is 11.7. The molecule has 182 valence electrons. The Balaban J connectivity index is 1.28. The van der Waals surface area contributed by atoms with Gasteiger partial charge >= 0.3 is 12.1 Å². The number of likely N-dealkylation sites (tertiary alicyclic amines) is 1. The minimum Gasteiger partial charge on any atom is -0.481 e. The van der Waals surface area contributed by atoms with Crippen LogP contribution in [0.1, 0.15) is 64.2 Å². The van der Waals surface area contributed by atoms with Gasteiger partial charge in [0.2, 0.25) is 0 Å². The Bertz CT molecular complexity index is 633. The number of hydrogen-bond donors (Lipinski definition) is 1. The monoisotopic (exact) mass is 450 g/mol. The molecule has 3 aliphatic heterocycles. The molecule has 32 heavy (non-hydrogen) atoms. The summed E-state index contributed by atoms with van der Waals surface area (Å²) in [7, 11) is 1.79. The van der Waals surface area contributed by atoms with Crippen LogP contribution in [-0.2, 0) is 9.53 Å². The maximum atomic E-state index is 11.9. The SMILES string of the molecule is CN1CC(N2CCN(CCC(=O)O)CC2CCC2CCN(C3CCCCC3)CC2)OC1=O. The molecule has 0 aromatic rings. The Kier molecular flexibility index (Phi) is 8.29. The van der Waals surface area contributed by atoms with Crippen molar-refractivity contribution in [1.29, 1.82) is 0 Å². The third kappa shape index (κ3) is 6.14. The Morgan fingerprint density at radius 3 is 2.41 bits per heavy atom. The number of carboxylic acids is 1. The molecule has 0 aromatic heterocycles. The number of nitrogens with zero attached hydrogens (tertiary/aromatic N) is 4. The number of likely N-dealkylation sites (N-methyl/N-ethyl adjacent to an activating group) is 1. The molecule has 0 aromatic carbocycles. The number of carbonyl (C=O) groups is 2. The van der Waals surface area contributed by atoms with Crippen LogP contribution in [0.25, 0.3) is 0 Å². The zero-order valence-electron chi connectivity index (χ0n) is 19.8. The molecule has 1 saturated carbocycles. The quantitative estimate of drug-likeness (QED) is 0.609. The van der Waals surface area contributed by atoms with Crippen LogP contribution in [0.15, 0.2) is 0 Å². The average Bonchev–Trinajstić information content (AvgIpc) is 3.15. The lowest BCUT2D eigenvalue weighted by molar-refractivity contribution is -0.137. The van der Waals surface area contributed by atoms with Crippen molar-refractivity contribution in [3.8, 4) is 0 Å². The number of hydrogen-bond acceptors (Lipinski definition) is 6. The fraction of sp³-hybridized carbons (Fsp3) is 0.917. The molecule has 0 radical (unpaired) electrons. The van der Waals surface area contributed by atoms with Gasteiger partial charge in [-0.1, -0.05) is 19.3 Å². The molecule has 4 rings (SSSR count). The van der Waals surface area contributed by atoms with E-state index in [-0.39, 0.29) is 18.7 Å². The van der Waals surface area contributed by atoms with E-state index in [0.717, 1.165) is 38.0 Å². The van der Waals surface area contributed by atoms with Crippen molar-refractivity contribution in [1.82, 2.24) is 19.6 Å². The molecule has 2 unspecified atom stereocenters. The molecule has 2 atom stereocenters. The lowest BCUT2D eigenvalue weighted by atomic mass is 9.87. The minimum absolute atomic E-state index is 0.174. The molecular formula is C24H42N4O4. The second-order valence-electron chi connectivity index (χ2n) is 10.4. The summed E-state index contributed by atoms with van der Waals surface area (Å²) in [4.78, 5) is 32.0. The van der Waals surface area contributed by atoms with E-state index in [0.29, 0.717) is 19.1 Å². The summed E-state index contributed by atoms with van der Waals surface area (Å²) in [5.74, 6) is 0.0416. The highest BCUT2D eigenvalue weighted by molar-refractivity contribution is 5.69. The fourth-order valence-corrected chi connectivity index (χ4v) is 6.23. The topological polar surface area (TPSA) is 76.6 Å². The van der Waals surface area contributed by atoms with E-state index >= 15 is 0 Å². The Morgan fingerprint density at radius 1 is 1.00 bits per heavy atom. The molecular weight excluding hydrogens is 408 g/mol. The van der Waals surface area contributed by atoms with E-state index in [2.05, 4.69) is 14.7 Å². The molecule has 8 nitrogen and oxygen atoms in total. The van der Waals surface area contributed by atoms with E-state index in [1.54, 1.807) is 11.9 Å². The third-order valence-electron chi connectivity index (χ3n) is 8.25. The highest BCUT2D eigenvalue weighted by Crippen LogP contribution is 2.30. The lowest BCUT2D eigenvalue weighted by Gasteiger charge is -2.44. The van der Waals surface area contributed by atoms with Gasteiger partial charge in [0, 0.05) is 45.3 Å². The molecule has 3 saturated heterocycles. The summed E-state index contributed by atoms with van der Waals surface area (Å²) in [6.45, 7) is 6.25. The Morgan fingerprint density at radius 2 is 1.75 bits per heavy atom. The first kappa shape index (κ1) is 23.8. The van der Waals surface area contributed by atoms with Gasteiger partial charge in [0.15, 0.2) is 6.23 Å².